The van der Waals surface area contributed by atoms with Gasteiger partial charge in [0.25, 0.3) is 0 Å². The number of unbranched alkanes of at least 4 members (excludes halogenated alkanes) is 2. The van der Waals surface area contributed by atoms with E-state index in [0.717, 1.165) is 19.4 Å². The van der Waals surface area contributed by atoms with E-state index in [0.29, 0.717) is 12.6 Å². The lowest BCUT2D eigenvalue weighted by Gasteiger charge is -2.29. The van der Waals surface area contributed by atoms with Crippen LogP contribution in [0.2, 0.25) is 0 Å². The Bertz CT molecular complexity index is 158. The zero-order valence-corrected chi connectivity index (χ0v) is 10.7. The van der Waals surface area contributed by atoms with E-state index in [9.17, 15) is 0 Å². The van der Waals surface area contributed by atoms with Gasteiger partial charge in [0.1, 0.15) is 0 Å². The fourth-order valence-electron chi connectivity index (χ4n) is 2.36. The first-order chi connectivity index (χ1) is 7.83. The lowest BCUT2D eigenvalue weighted by molar-refractivity contribution is 0.209. The van der Waals surface area contributed by atoms with E-state index in [1.807, 2.05) is 0 Å². The van der Waals surface area contributed by atoms with Crippen molar-refractivity contribution in [3.8, 4) is 0 Å². The molecule has 0 bridgehead atoms. The smallest absolute Gasteiger partial charge is 0.0431 e. The maximum absolute atomic E-state index is 8.66. The van der Waals surface area contributed by atoms with E-state index in [1.165, 1.54) is 45.3 Å². The number of aliphatic hydroxyl groups excluding tert-OH is 1. The first kappa shape index (κ1) is 13.9. The summed E-state index contributed by atoms with van der Waals surface area (Å²) < 4.78 is 0. The summed E-state index contributed by atoms with van der Waals surface area (Å²) in [7, 11) is 0. The molecule has 2 N–H and O–H groups in total. The molecular formula is C13H28N2O. The van der Waals surface area contributed by atoms with Crippen molar-refractivity contribution in [3.63, 3.8) is 0 Å². The number of rotatable bonds is 8. The average molecular weight is 228 g/mol. The highest BCUT2D eigenvalue weighted by atomic mass is 16.2. The van der Waals surface area contributed by atoms with Crippen LogP contribution in [0.25, 0.3) is 0 Å². The van der Waals surface area contributed by atoms with Gasteiger partial charge in [-0.2, -0.15) is 0 Å². The minimum Gasteiger partial charge on any atom is -0.396 e. The van der Waals surface area contributed by atoms with Crippen LogP contribution in [0.4, 0.5) is 0 Å². The molecule has 0 aliphatic carbocycles. The quantitative estimate of drug-likeness (QED) is 0.620. The van der Waals surface area contributed by atoms with Crippen molar-refractivity contribution in [3.05, 3.63) is 0 Å². The van der Waals surface area contributed by atoms with Crippen molar-refractivity contribution < 1.29 is 5.11 Å². The number of nitrogens with zero attached hydrogens (tertiary/aromatic N) is 1. The van der Waals surface area contributed by atoms with Crippen LogP contribution in [0.1, 0.15) is 45.4 Å². The van der Waals surface area contributed by atoms with Crippen molar-refractivity contribution in [2.75, 3.05) is 32.8 Å². The Morgan fingerprint density at radius 3 is 2.56 bits per heavy atom. The topological polar surface area (TPSA) is 35.5 Å². The van der Waals surface area contributed by atoms with E-state index < -0.39 is 0 Å². The number of hydrogen-bond donors (Lipinski definition) is 2. The number of likely N-dealkylation sites (tertiary alicyclic amines) is 1. The maximum atomic E-state index is 8.66. The van der Waals surface area contributed by atoms with Gasteiger partial charge in [0.05, 0.1) is 0 Å². The summed E-state index contributed by atoms with van der Waals surface area (Å²) in [5.74, 6) is 0. The molecule has 1 aliphatic rings. The molecule has 0 aromatic heterocycles. The summed E-state index contributed by atoms with van der Waals surface area (Å²) in [6.07, 6.45) is 7.44. The minimum absolute atomic E-state index is 0.337. The molecule has 1 atom stereocenters. The van der Waals surface area contributed by atoms with Crippen LogP contribution in [-0.2, 0) is 0 Å². The lowest BCUT2D eigenvalue weighted by atomic mass is 10.1. The van der Waals surface area contributed by atoms with Gasteiger partial charge in [0.2, 0.25) is 0 Å². The fourth-order valence-corrected chi connectivity index (χ4v) is 2.36. The standard InChI is InChI=1S/C13H28N2O/c1-13(14-8-4-2-7-11-16)12-15-9-5-3-6-10-15/h13-14,16H,2-12H2,1H3. The van der Waals surface area contributed by atoms with Crippen LogP contribution >= 0.6 is 0 Å². The Morgan fingerprint density at radius 2 is 1.88 bits per heavy atom. The van der Waals surface area contributed by atoms with Crippen molar-refractivity contribution in [2.24, 2.45) is 0 Å². The summed E-state index contributed by atoms with van der Waals surface area (Å²) in [6, 6.07) is 0.604. The SMILES string of the molecule is CC(CN1CCCCC1)NCCCCCO. The van der Waals surface area contributed by atoms with E-state index in [2.05, 4.69) is 17.1 Å². The molecule has 0 spiro atoms. The van der Waals surface area contributed by atoms with Crippen molar-refractivity contribution in [2.45, 2.75) is 51.5 Å². The van der Waals surface area contributed by atoms with Gasteiger partial charge in [-0.15, -0.1) is 0 Å². The van der Waals surface area contributed by atoms with Gasteiger partial charge in [0, 0.05) is 19.2 Å². The van der Waals surface area contributed by atoms with E-state index in [-0.39, 0.29) is 0 Å². The van der Waals surface area contributed by atoms with Gasteiger partial charge in [-0.1, -0.05) is 6.42 Å². The van der Waals surface area contributed by atoms with Crippen LogP contribution in [0.5, 0.6) is 0 Å². The monoisotopic (exact) mass is 228 g/mol. The van der Waals surface area contributed by atoms with E-state index >= 15 is 0 Å². The van der Waals surface area contributed by atoms with Gasteiger partial charge in [0.15, 0.2) is 0 Å². The first-order valence-corrected chi connectivity index (χ1v) is 6.89. The highest BCUT2D eigenvalue weighted by Gasteiger charge is 2.12. The highest BCUT2D eigenvalue weighted by Crippen LogP contribution is 2.08. The highest BCUT2D eigenvalue weighted by molar-refractivity contribution is 4.71. The number of hydrogen-bond acceptors (Lipinski definition) is 3. The fraction of sp³-hybridized carbons (Fsp3) is 1.00. The molecule has 1 aliphatic heterocycles. The predicted octanol–water partition coefficient (Wildman–Crippen LogP) is 1.61. The Hall–Kier alpha value is -0.120. The Kier molecular flexibility index (Phi) is 7.81. The molecule has 3 nitrogen and oxygen atoms in total. The van der Waals surface area contributed by atoms with Crippen molar-refractivity contribution in [1.82, 2.24) is 10.2 Å². The van der Waals surface area contributed by atoms with Crippen LogP contribution in [-0.4, -0.2) is 48.8 Å². The molecule has 0 aromatic rings. The molecule has 1 heterocycles. The number of piperidine rings is 1. The molecular weight excluding hydrogens is 200 g/mol. The molecule has 0 aromatic carbocycles. The van der Waals surface area contributed by atoms with Gasteiger partial charge in [-0.3, -0.25) is 0 Å². The second-order valence-electron chi connectivity index (χ2n) is 5.00. The summed E-state index contributed by atoms with van der Waals surface area (Å²) in [4.78, 5) is 2.58. The molecule has 0 amide bonds. The van der Waals surface area contributed by atoms with E-state index in [1.54, 1.807) is 0 Å². The van der Waals surface area contributed by atoms with Gasteiger partial charge < -0.3 is 15.3 Å². The van der Waals surface area contributed by atoms with E-state index in [4.69, 9.17) is 5.11 Å². The zero-order valence-electron chi connectivity index (χ0n) is 10.7. The first-order valence-electron chi connectivity index (χ1n) is 6.89. The molecule has 96 valence electrons. The lowest BCUT2D eigenvalue weighted by Crippen LogP contribution is -2.41. The predicted molar refractivity (Wildman–Crippen MR) is 68.7 cm³/mol. The summed E-state index contributed by atoms with van der Waals surface area (Å²) in [6.45, 7) is 7.48. The molecule has 0 saturated carbocycles. The average Bonchev–Trinajstić information content (AvgIpc) is 2.30. The van der Waals surface area contributed by atoms with Crippen LogP contribution in [0.15, 0.2) is 0 Å². The van der Waals surface area contributed by atoms with Gasteiger partial charge in [-0.25, -0.2) is 0 Å². The largest absolute Gasteiger partial charge is 0.396 e. The molecule has 0 radical (unpaired) electrons. The maximum Gasteiger partial charge on any atom is 0.0431 e. The van der Waals surface area contributed by atoms with Crippen LogP contribution in [0, 0.1) is 0 Å². The van der Waals surface area contributed by atoms with Crippen molar-refractivity contribution in [1.29, 1.82) is 0 Å². The second-order valence-corrected chi connectivity index (χ2v) is 5.00. The number of aliphatic hydroxyl groups is 1. The number of nitrogens with one attached hydrogen (secondary N) is 1. The van der Waals surface area contributed by atoms with Crippen LogP contribution in [0.3, 0.4) is 0 Å². The molecule has 16 heavy (non-hydrogen) atoms. The van der Waals surface area contributed by atoms with Gasteiger partial charge in [-0.05, 0) is 58.7 Å². The Morgan fingerprint density at radius 1 is 1.12 bits per heavy atom. The van der Waals surface area contributed by atoms with Gasteiger partial charge >= 0.3 is 0 Å². The molecule has 1 fully saturated rings. The summed E-state index contributed by atoms with van der Waals surface area (Å²) >= 11 is 0. The van der Waals surface area contributed by atoms with Crippen molar-refractivity contribution >= 4 is 0 Å². The Labute approximate surface area is 100 Å². The summed E-state index contributed by atoms with van der Waals surface area (Å²) in [5.41, 5.74) is 0. The normalized spacial score (nSPS) is 19.9. The molecule has 1 unspecified atom stereocenters. The zero-order chi connectivity index (χ0) is 11.6. The minimum atomic E-state index is 0.337. The summed E-state index contributed by atoms with van der Waals surface area (Å²) in [5, 5.41) is 12.2. The molecule has 1 saturated heterocycles. The third kappa shape index (κ3) is 6.46. The molecule has 3 heteroatoms. The third-order valence-corrected chi connectivity index (χ3v) is 3.31. The van der Waals surface area contributed by atoms with Crippen LogP contribution < -0.4 is 5.32 Å². The Balaban J connectivity index is 1.95. The molecule has 1 rings (SSSR count). The third-order valence-electron chi connectivity index (χ3n) is 3.31. The second kappa shape index (κ2) is 8.97.